The average molecular weight is 249 g/mol. The number of nitrogens with two attached hydrogens (primary N) is 2. The summed E-state index contributed by atoms with van der Waals surface area (Å²) in [5.41, 5.74) is 13.1. The number of nitrogen functional groups attached to an aromatic ring is 1. The fourth-order valence-electron chi connectivity index (χ4n) is 2.53. The lowest BCUT2D eigenvalue weighted by Crippen LogP contribution is -2.35. The Morgan fingerprint density at radius 3 is 2.89 bits per heavy atom. The average Bonchev–Trinajstić information content (AvgIpc) is 2.70. The maximum atomic E-state index is 11.2. The van der Waals surface area contributed by atoms with Crippen molar-refractivity contribution < 1.29 is 9.90 Å². The first-order chi connectivity index (χ1) is 8.54. The molecule has 98 valence electrons. The highest BCUT2D eigenvalue weighted by Crippen LogP contribution is 2.33. The van der Waals surface area contributed by atoms with Gasteiger partial charge in [-0.05, 0) is 30.5 Å². The quantitative estimate of drug-likeness (QED) is 0.683. The molecule has 0 saturated carbocycles. The van der Waals surface area contributed by atoms with Crippen LogP contribution in [0.15, 0.2) is 18.2 Å². The van der Waals surface area contributed by atoms with Gasteiger partial charge in [0, 0.05) is 12.1 Å². The molecule has 0 bridgehead atoms. The summed E-state index contributed by atoms with van der Waals surface area (Å²) in [5.74, 6) is -0.0596. The first-order valence-electron chi connectivity index (χ1n) is 6.11. The van der Waals surface area contributed by atoms with Gasteiger partial charge < -0.3 is 21.5 Å². The van der Waals surface area contributed by atoms with Gasteiger partial charge in [-0.2, -0.15) is 0 Å². The molecule has 18 heavy (non-hydrogen) atoms. The highest BCUT2D eigenvalue weighted by Gasteiger charge is 2.31. The predicted molar refractivity (Wildman–Crippen MR) is 71.4 cm³/mol. The van der Waals surface area contributed by atoms with E-state index >= 15 is 0 Å². The van der Waals surface area contributed by atoms with Crippen molar-refractivity contribution in [2.45, 2.75) is 19.4 Å². The summed E-state index contributed by atoms with van der Waals surface area (Å²) in [6.07, 6.45) is 1.01. The lowest BCUT2D eigenvalue weighted by atomic mass is 10.0. The summed E-state index contributed by atoms with van der Waals surface area (Å²) >= 11 is 0. The van der Waals surface area contributed by atoms with Crippen LogP contribution in [0.2, 0.25) is 0 Å². The van der Waals surface area contributed by atoms with Gasteiger partial charge in [0.1, 0.15) is 0 Å². The van der Waals surface area contributed by atoms with Crippen LogP contribution in [0.5, 0.6) is 0 Å². The second-order valence-electron chi connectivity index (χ2n) is 4.85. The predicted octanol–water partition coefficient (Wildman–Crippen LogP) is 0.575. The third kappa shape index (κ3) is 2.13. The minimum Gasteiger partial charge on any atom is -0.397 e. The third-order valence-electron chi connectivity index (χ3n) is 3.69. The number of aliphatic hydroxyl groups is 1. The van der Waals surface area contributed by atoms with Crippen LogP contribution in [-0.2, 0) is 0 Å². The summed E-state index contributed by atoms with van der Waals surface area (Å²) in [7, 11) is 0. The highest BCUT2D eigenvalue weighted by molar-refractivity contribution is 5.95. The van der Waals surface area contributed by atoms with E-state index in [4.69, 9.17) is 11.5 Å². The fourth-order valence-corrected chi connectivity index (χ4v) is 2.53. The van der Waals surface area contributed by atoms with Gasteiger partial charge in [0.2, 0.25) is 5.91 Å². The first-order valence-corrected chi connectivity index (χ1v) is 6.11. The van der Waals surface area contributed by atoms with Crippen molar-refractivity contribution in [3.8, 4) is 0 Å². The molecule has 1 saturated heterocycles. The maximum Gasteiger partial charge on any atom is 0.248 e. The van der Waals surface area contributed by atoms with Crippen molar-refractivity contribution in [2.24, 2.45) is 11.7 Å². The molecule has 1 heterocycles. The third-order valence-corrected chi connectivity index (χ3v) is 3.69. The number of anilines is 2. The van der Waals surface area contributed by atoms with Crippen molar-refractivity contribution in [3.05, 3.63) is 23.8 Å². The molecule has 1 aromatic carbocycles. The number of benzene rings is 1. The van der Waals surface area contributed by atoms with Crippen LogP contribution in [0.4, 0.5) is 11.4 Å². The van der Waals surface area contributed by atoms with Gasteiger partial charge in [-0.25, -0.2) is 0 Å². The van der Waals surface area contributed by atoms with Gasteiger partial charge in [0.15, 0.2) is 0 Å². The minimum absolute atomic E-state index is 0.0513. The van der Waals surface area contributed by atoms with E-state index in [1.54, 1.807) is 18.2 Å². The number of hydrogen-bond donors (Lipinski definition) is 3. The largest absolute Gasteiger partial charge is 0.397 e. The molecule has 0 radical (unpaired) electrons. The second-order valence-corrected chi connectivity index (χ2v) is 4.85. The zero-order valence-corrected chi connectivity index (χ0v) is 10.5. The number of aliphatic hydroxyl groups excluding tert-OH is 1. The van der Waals surface area contributed by atoms with Crippen LogP contribution in [0.3, 0.4) is 0 Å². The maximum absolute atomic E-state index is 11.2. The Bertz CT molecular complexity index is 462. The van der Waals surface area contributed by atoms with Crippen LogP contribution < -0.4 is 16.4 Å². The lowest BCUT2D eigenvalue weighted by molar-refractivity contribution is 0.100. The molecule has 2 atom stereocenters. The number of nitrogens with zero attached hydrogens (tertiary/aromatic N) is 1. The first kappa shape index (κ1) is 12.7. The highest BCUT2D eigenvalue weighted by atomic mass is 16.3. The molecule has 1 aliphatic heterocycles. The summed E-state index contributed by atoms with van der Waals surface area (Å²) < 4.78 is 0. The van der Waals surface area contributed by atoms with E-state index in [0.717, 1.165) is 18.7 Å². The molecule has 1 fully saturated rings. The van der Waals surface area contributed by atoms with Crippen molar-refractivity contribution in [3.63, 3.8) is 0 Å². The number of rotatable bonds is 3. The van der Waals surface area contributed by atoms with Crippen molar-refractivity contribution in [2.75, 3.05) is 23.8 Å². The van der Waals surface area contributed by atoms with E-state index in [-0.39, 0.29) is 12.6 Å². The molecule has 0 aromatic heterocycles. The van der Waals surface area contributed by atoms with Crippen molar-refractivity contribution in [1.82, 2.24) is 0 Å². The van der Waals surface area contributed by atoms with Gasteiger partial charge in [0.05, 0.1) is 24.0 Å². The molecular formula is C13H19N3O2. The molecule has 5 heteroatoms. The Kier molecular flexibility index (Phi) is 3.43. The van der Waals surface area contributed by atoms with Gasteiger partial charge in [-0.15, -0.1) is 0 Å². The van der Waals surface area contributed by atoms with Crippen LogP contribution in [0.25, 0.3) is 0 Å². The second kappa shape index (κ2) is 4.86. The van der Waals surface area contributed by atoms with Gasteiger partial charge in [0.25, 0.3) is 0 Å². The number of carbonyl (C=O) groups excluding carboxylic acids is 1. The molecule has 2 unspecified atom stereocenters. The Morgan fingerprint density at radius 1 is 1.56 bits per heavy atom. The normalized spacial score (nSPS) is 23.3. The Labute approximate surface area is 106 Å². The molecular weight excluding hydrogens is 230 g/mol. The van der Waals surface area contributed by atoms with Crippen LogP contribution in [0.1, 0.15) is 23.7 Å². The van der Waals surface area contributed by atoms with Gasteiger partial charge >= 0.3 is 0 Å². The summed E-state index contributed by atoms with van der Waals surface area (Å²) in [6.45, 7) is 3.02. The summed E-state index contributed by atoms with van der Waals surface area (Å²) in [4.78, 5) is 13.3. The van der Waals surface area contributed by atoms with Crippen LogP contribution in [0, 0.1) is 5.92 Å². The Morgan fingerprint density at radius 2 is 2.28 bits per heavy atom. The Hall–Kier alpha value is -1.75. The smallest absolute Gasteiger partial charge is 0.248 e. The van der Waals surface area contributed by atoms with E-state index in [1.165, 1.54) is 0 Å². The van der Waals surface area contributed by atoms with Crippen LogP contribution in [-0.4, -0.2) is 30.2 Å². The molecule has 2 rings (SSSR count). The number of hydrogen-bond acceptors (Lipinski definition) is 4. The molecule has 1 amide bonds. The fraction of sp³-hybridized carbons (Fsp3) is 0.462. The Balaban J connectivity index is 2.38. The van der Waals surface area contributed by atoms with E-state index < -0.39 is 5.91 Å². The molecule has 1 aliphatic rings. The summed E-state index contributed by atoms with van der Waals surface area (Å²) in [5, 5.41) is 9.46. The SMILES string of the molecule is CC1CCN(c2cc(C(N)=O)ccc2N)C1CO. The molecule has 1 aromatic rings. The summed E-state index contributed by atoms with van der Waals surface area (Å²) in [6, 6.07) is 5.07. The van der Waals surface area contributed by atoms with E-state index in [1.807, 2.05) is 0 Å². The zero-order valence-electron chi connectivity index (χ0n) is 10.5. The van der Waals surface area contributed by atoms with E-state index in [0.29, 0.717) is 17.2 Å². The van der Waals surface area contributed by atoms with Crippen molar-refractivity contribution >= 4 is 17.3 Å². The van der Waals surface area contributed by atoms with Crippen molar-refractivity contribution in [1.29, 1.82) is 0 Å². The number of primary amides is 1. The monoisotopic (exact) mass is 249 g/mol. The van der Waals surface area contributed by atoms with E-state index in [2.05, 4.69) is 11.8 Å². The van der Waals surface area contributed by atoms with E-state index in [9.17, 15) is 9.90 Å². The molecule has 5 N–H and O–H groups in total. The lowest BCUT2D eigenvalue weighted by Gasteiger charge is -2.28. The zero-order chi connectivity index (χ0) is 13.3. The number of carbonyl (C=O) groups is 1. The molecule has 5 nitrogen and oxygen atoms in total. The molecule has 0 aliphatic carbocycles. The minimum atomic E-state index is -0.468. The topological polar surface area (TPSA) is 92.6 Å². The van der Waals surface area contributed by atoms with Gasteiger partial charge in [-0.1, -0.05) is 6.92 Å². The van der Waals surface area contributed by atoms with Gasteiger partial charge in [-0.3, -0.25) is 4.79 Å². The molecule has 0 spiro atoms. The number of amides is 1. The standard InChI is InChI=1S/C13H19N3O2/c1-8-4-5-16(12(8)7-17)11-6-9(13(15)18)2-3-10(11)14/h2-3,6,8,12,17H,4-5,7,14H2,1H3,(H2,15,18). The van der Waals surface area contributed by atoms with Crippen LogP contribution >= 0.6 is 0 Å².